The predicted molar refractivity (Wildman–Crippen MR) is 78.3 cm³/mol. The van der Waals surface area contributed by atoms with Crippen molar-refractivity contribution in [2.75, 3.05) is 14.2 Å². The highest BCUT2D eigenvalue weighted by molar-refractivity contribution is 6.21. The molecule has 0 aromatic heterocycles. The van der Waals surface area contributed by atoms with E-state index in [1.807, 2.05) is 36.4 Å². The third kappa shape index (κ3) is 3.65. The molecule has 3 heteroatoms. The van der Waals surface area contributed by atoms with Gasteiger partial charge in [0.2, 0.25) is 0 Å². The lowest BCUT2D eigenvalue weighted by atomic mass is 10.0. The molecule has 1 unspecified atom stereocenters. The lowest BCUT2D eigenvalue weighted by Crippen LogP contribution is -1.98. The van der Waals surface area contributed by atoms with Crippen LogP contribution in [0.3, 0.4) is 0 Å². The highest BCUT2D eigenvalue weighted by Gasteiger charge is 2.12. The molecule has 2 aromatic carbocycles. The van der Waals surface area contributed by atoms with Crippen LogP contribution >= 0.6 is 11.6 Å². The fraction of sp³-hybridized carbons (Fsp3) is 0.250. The number of methoxy groups -OCH3 is 2. The highest BCUT2D eigenvalue weighted by atomic mass is 35.5. The Kier molecular flexibility index (Phi) is 4.69. The average molecular weight is 277 g/mol. The zero-order chi connectivity index (χ0) is 13.7. The molecule has 0 fully saturated rings. The maximum Gasteiger partial charge on any atom is 0.122 e. The molecular formula is C16H17ClO2. The van der Waals surface area contributed by atoms with Crippen molar-refractivity contribution >= 4 is 11.6 Å². The van der Waals surface area contributed by atoms with Gasteiger partial charge >= 0.3 is 0 Å². The smallest absolute Gasteiger partial charge is 0.122 e. The lowest BCUT2D eigenvalue weighted by molar-refractivity contribution is 0.393. The Morgan fingerprint density at radius 2 is 1.53 bits per heavy atom. The summed E-state index contributed by atoms with van der Waals surface area (Å²) < 4.78 is 10.5. The summed E-state index contributed by atoms with van der Waals surface area (Å²) in [6, 6.07) is 15.9. The first-order chi connectivity index (χ1) is 9.22. The van der Waals surface area contributed by atoms with Gasteiger partial charge in [0, 0.05) is 6.07 Å². The fourth-order valence-electron chi connectivity index (χ4n) is 1.95. The number of hydrogen-bond donors (Lipinski definition) is 0. The molecule has 0 bridgehead atoms. The number of halogens is 1. The Bertz CT molecular complexity index is 503. The molecule has 0 spiro atoms. The van der Waals surface area contributed by atoms with Gasteiger partial charge in [-0.3, -0.25) is 0 Å². The van der Waals surface area contributed by atoms with Gasteiger partial charge in [-0.05, 0) is 29.7 Å². The molecule has 19 heavy (non-hydrogen) atoms. The van der Waals surface area contributed by atoms with Crippen molar-refractivity contribution < 1.29 is 9.47 Å². The van der Waals surface area contributed by atoms with Crippen molar-refractivity contribution in [3.05, 3.63) is 59.7 Å². The van der Waals surface area contributed by atoms with Gasteiger partial charge in [0.05, 0.1) is 19.6 Å². The van der Waals surface area contributed by atoms with E-state index in [9.17, 15) is 0 Å². The van der Waals surface area contributed by atoms with E-state index < -0.39 is 0 Å². The molecule has 2 nitrogen and oxygen atoms in total. The van der Waals surface area contributed by atoms with Crippen LogP contribution in [0.15, 0.2) is 48.5 Å². The Balaban J connectivity index is 2.20. The molecular weight excluding hydrogens is 260 g/mol. The largest absolute Gasteiger partial charge is 0.497 e. The topological polar surface area (TPSA) is 18.5 Å². The van der Waals surface area contributed by atoms with Crippen LogP contribution in [0.2, 0.25) is 0 Å². The minimum absolute atomic E-state index is 0.105. The molecule has 0 aliphatic rings. The Morgan fingerprint density at radius 3 is 2.05 bits per heavy atom. The predicted octanol–water partition coefficient (Wildman–Crippen LogP) is 4.23. The van der Waals surface area contributed by atoms with Crippen molar-refractivity contribution in [1.29, 1.82) is 0 Å². The van der Waals surface area contributed by atoms with Crippen LogP contribution in [0.1, 0.15) is 16.5 Å². The van der Waals surface area contributed by atoms with Gasteiger partial charge in [-0.15, -0.1) is 11.6 Å². The molecule has 0 N–H and O–H groups in total. The van der Waals surface area contributed by atoms with Gasteiger partial charge in [0.1, 0.15) is 11.5 Å². The SMILES string of the molecule is COc1cc(OC)cc(C(Cl)Cc2ccccc2)c1. The molecule has 0 saturated carbocycles. The minimum Gasteiger partial charge on any atom is -0.497 e. The van der Waals surface area contributed by atoms with E-state index >= 15 is 0 Å². The van der Waals surface area contributed by atoms with E-state index in [0.717, 1.165) is 23.5 Å². The summed E-state index contributed by atoms with van der Waals surface area (Å²) in [6.45, 7) is 0. The Labute approximate surface area is 118 Å². The second-order valence-corrected chi connectivity index (χ2v) is 4.83. The number of benzene rings is 2. The van der Waals surface area contributed by atoms with Crippen molar-refractivity contribution in [2.24, 2.45) is 0 Å². The van der Waals surface area contributed by atoms with Crippen LogP contribution in [-0.2, 0) is 6.42 Å². The zero-order valence-electron chi connectivity index (χ0n) is 11.1. The van der Waals surface area contributed by atoms with Gasteiger partial charge in [-0.1, -0.05) is 30.3 Å². The van der Waals surface area contributed by atoms with Crippen LogP contribution in [0.4, 0.5) is 0 Å². The molecule has 2 rings (SSSR count). The molecule has 0 saturated heterocycles. The van der Waals surface area contributed by atoms with E-state index in [-0.39, 0.29) is 5.38 Å². The summed E-state index contributed by atoms with van der Waals surface area (Å²) in [5.41, 5.74) is 2.21. The van der Waals surface area contributed by atoms with Crippen molar-refractivity contribution in [3.8, 4) is 11.5 Å². The lowest BCUT2D eigenvalue weighted by Gasteiger charge is -2.13. The first kappa shape index (κ1) is 13.8. The molecule has 0 amide bonds. The number of alkyl halides is 1. The summed E-state index contributed by atoms with van der Waals surface area (Å²) >= 11 is 6.49. The Morgan fingerprint density at radius 1 is 0.947 bits per heavy atom. The maximum atomic E-state index is 6.49. The summed E-state index contributed by atoms with van der Waals surface area (Å²) in [5, 5.41) is -0.105. The zero-order valence-corrected chi connectivity index (χ0v) is 11.9. The monoisotopic (exact) mass is 276 g/mol. The molecule has 1 atom stereocenters. The van der Waals surface area contributed by atoms with Gasteiger partial charge in [-0.25, -0.2) is 0 Å². The van der Waals surface area contributed by atoms with E-state index in [2.05, 4.69) is 12.1 Å². The number of hydrogen-bond acceptors (Lipinski definition) is 2. The van der Waals surface area contributed by atoms with Gasteiger partial charge in [-0.2, -0.15) is 0 Å². The summed E-state index contributed by atoms with van der Waals surface area (Å²) in [6.07, 6.45) is 0.777. The molecule has 0 aliphatic carbocycles. The van der Waals surface area contributed by atoms with Crippen LogP contribution in [-0.4, -0.2) is 14.2 Å². The van der Waals surface area contributed by atoms with Crippen LogP contribution in [0.5, 0.6) is 11.5 Å². The first-order valence-electron chi connectivity index (χ1n) is 6.14. The van der Waals surface area contributed by atoms with Gasteiger partial charge in [0.25, 0.3) is 0 Å². The molecule has 0 radical (unpaired) electrons. The second kappa shape index (κ2) is 6.48. The van der Waals surface area contributed by atoms with E-state index in [0.29, 0.717) is 0 Å². The highest BCUT2D eigenvalue weighted by Crippen LogP contribution is 2.31. The standard InChI is InChI=1S/C16H17ClO2/c1-18-14-9-13(10-15(11-14)19-2)16(17)8-12-6-4-3-5-7-12/h3-7,9-11,16H,8H2,1-2H3. The van der Waals surface area contributed by atoms with E-state index in [1.165, 1.54) is 5.56 Å². The van der Waals surface area contributed by atoms with Crippen molar-refractivity contribution in [3.63, 3.8) is 0 Å². The number of ether oxygens (including phenoxy) is 2. The third-order valence-corrected chi connectivity index (χ3v) is 3.40. The summed E-state index contributed by atoms with van der Waals surface area (Å²) in [4.78, 5) is 0. The van der Waals surface area contributed by atoms with E-state index in [4.69, 9.17) is 21.1 Å². The van der Waals surface area contributed by atoms with E-state index in [1.54, 1.807) is 14.2 Å². The first-order valence-corrected chi connectivity index (χ1v) is 6.57. The molecule has 0 heterocycles. The number of rotatable bonds is 5. The van der Waals surface area contributed by atoms with Crippen molar-refractivity contribution in [2.45, 2.75) is 11.8 Å². The second-order valence-electron chi connectivity index (χ2n) is 4.30. The van der Waals surface area contributed by atoms with Gasteiger partial charge < -0.3 is 9.47 Å². The quantitative estimate of drug-likeness (QED) is 0.761. The minimum atomic E-state index is -0.105. The molecule has 2 aromatic rings. The normalized spacial score (nSPS) is 11.9. The summed E-state index contributed by atoms with van der Waals surface area (Å²) in [5.74, 6) is 1.51. The fourth-order valence-corrected chi connectivity index (χ4v) is 2.25. The van der Waals surface area contributed by atoms with Gasteiger partial charge in [0.15, 0.2) is 0 Å². The maximum absolute atomic E-state index is 6.49. The third-order valence-electron chi connectivity index (χ3n) is 2.99. The summed E-state index contributed by atoms with van der Waals surface area (Å²) in [7, 11) is 3.28. The van der Waals surface area contributed by atoms with Crippen LogP contribution < -0.4 is 9.47 Å². The van der Waals surface area contributed by atoms with Crippen LogP contribution in [0.25, 0.3) is 0 Å². The Hall–Kier alpha value is -1.67. The van der Waals surface area contributed by atoms with Crippen molar-refractivity contribution in [1.82, 2.24) is 0 Å². The van der Waals surface area contributed by atoms with Crippen LogP contribution in [0, 0.1) is 0 Å². The average Bonchev–Trinajstić information content (AvgIpc) is 2.47. The molecule has 0 aliphatic heterocycles. The molecule has 100 valence electrons.